The van der Waals surface area contributed by atoms with E-state index in [4.69, 9.17) is 15.5 Å². The summed E-state index contributed by atoms with van der Waals surface area (Å²) in [6, 6.07) is 12.2. The number of hydrogen-bond acceptors (Lipinski definition) is 8. The van der Waals surface area contributed by atoms with Crippen LogP contribution in [0.5, 0.6) is 5.88 Å². The van der Waals surface area contributed by atoms with E-state index in [1.54, 1.807) is 0 Å². The third-order valence-corrected chi connectivity index (χ3v) is 6.42. The second-order valence-electron chi connectivity index (χ2n) is 8.17. The molecular formula is C25H36N4O4S2. The number of anilines is 1. The monoisotopic (exact) mass is 520 g/mol. The molecule has 1 aromatic heterocycles. The Labute approximate surface area is 217 Å². The maximum Gasteiger partial charge on any atom is 0.326 e. The summed E-state index contributed by atoms with van der Waals surface area (Å²) >= 11 is 5.76. The van der Waals surface area contributed by atoms with Gasteiger partial charge in [-0.05, 0) is 43.4 Å². The second-order valence-corrected chi connectivity index (χ2v) is 9.52. The largest absolute Gasteiger partial charge is 0.480 e. The van der Waals surface area contributed by atoms with Crippen LogP contribution in [0.4, 0.5) is 5.69 Å². The Morgan fingerprint density at radius 3 is 2.57 bits per heavy atom. The van der Waals surface area contributed by atoms with Crippen LogP contribution in [0, 0.1) is 0 Å². The molecule has 2 rings (SSSR count). The van der Waals surface area contributed by atoms with E-state index in [9.17, 15) is 14.7 Å². The van der Waals surface area contributed by atoms with Gasteiger partial charge < -0.3 is 26.2 Å². The van der Waals surface area contributed by atoms with Crippen molar-refractivity contribution in [1.29, 1.82) is 0 Å². The third-order valence-electron chi connectivity index (χ3n) is 5.31. The number of pyridine rings is 1. The predicted octanol–water partition coefficient (Wildman–Crippen LogP) is 3.68. The SMILES string of the molecule is CCCC[C@H](Oc1nc(-c2ccccc2)ccc1NCC(N)CS)C(=O)N[C@@H](CCSC)C(=O)O. The van der Waals surface area contributed by atoms with Crippen LogP contribution in [0.15, 0.2) is 42.5 Å². The number of nitrogens with one attached hydrogen (secondary N) is 2. The van der Waals surface area contributed by atoms with E-state index in [2.05, 4.69) is 23.3 Å². The molecule has 0 saturated heterocycles. The summed E-state index contributed by atoms with van der Waals surface area (Å²) < 4.78 is 6.18. The first-order valence-electron chi connectivity index (χ1n) is 11.7. The summed E-state index contributed by atoms with van der Waals surface area (Å²) in [6.07, 6.45) is 3.38. The van der Waals surface area contributed by atoms with Crippen molar-refractivity contribution < 1.29 is 19.4 Å². The fourth-order valence-corrected chi connectivity index (χ4v) is 3.87. The van der Waals surface area contributed by atoms with Gasteiger partial charge in [0, 0.05) is 23.9 Å². The van der Waals surface area contributed by atoms with E-state index < -0.39 is 24.0 Å². The van der Waals surface area contributed by atoms with Gasteiger partial charge in [0.05, 0.1) is 11.4 Å². The lowest BCUT2D eigenvalue weighted by molar-refractivity contribution is -0.143. The molecule has 1 unspecified atom stereocenters. The van der Waals surface area contributed by atoms with Gasteiger partial charge in [-0.1, -0.05) is 43.7 Å². The van der Waals surface area contributed by atoms with Crippen LogP contribution in [0.3, 0.4) is 0 Å². The molecule has 3 atom stereocenters. The molecule has 10 heteroatoms. The fourth-order valence-electron chi connectivity index (χ4n) is 3.27. The number of nitrogens with two attached hydrogens (primary N) is 1. The number of rotatable bonds is 16. The van der Waals surface area contributed by atoms with Crippen molar-refractivity contribution in [3.05, 3.63) is 42.5 Å². The maximum atomic E-state index is 13.1. The van der Waals surface area contributed by atoms with E-state index in [0.717, 1.165) is 18.4 Å². The number of carboxylic acid groups (broad SMARTS) is 1. The van der Waals surface area contributed by atoms with Crippen LogP contribution in [0.2, 0.25) is 0 Å². The van der Waals surface area contributed by atoms with E-state index in [1.165, 1.54) is 11.8 Å². The van der Waals surface area contributed by atoms with Gasteiger partial charge in [0.15, 0.2) is 6.10 Å². The Bertz CT molecular complexity index is 933. The van der Waals surface area contributed by atoms with Crippen molar-refractivity contribution in [3.8, 4) is 17.1 Å². The number of carbonyl (C=O) groups is 2. The number of aromatic nitrogens is 1. The van der Waals surface area contributed by atoms with Gasteiger partial charge in [-0.2, -0.15) is 24.4 Å². The molecule has 0 radical (unpaired) electrons. The zero-order valence-electron chi connectivity index (χ0n) is 20.3. The number of thiol groups is 1. The average molecular weight is 521 g/mol. The van der Waals surface area contributed by atoms with E-state index in [-0.39, 0.29) is 11.9 Å². The van der Waals surface area contributed by atoms with E-state index >= 15 is 0 Å². The molecule has 0 saturated carbocycles. The highest BCUT2D eigenvalue weighted by Crippen LogP contribution is 2.29. The summed E-state index contributed by atoms with van der Waals surface area (Å²) in [5.41, 5.74) is 8.22. The van der Waals surface area contributed by atoms with E-state index in [0.29, 0.717) is 42.3 Å². The van der Waals surface area contributed by atoms with Crippen molar-refractivity contribution >= 4 is 42.0 Å². The third kappa shape index (κ3) is 9.62. The minimum absolute atomic E-state index is 0.174. The molecule has 1 heterocycles. The molecular weight excluding hydrogens is 484 g/mol. The molecule has 0 aliphatic heterocycles. The van der Waals surface area contributed by atoms with Gasteiger partial charge in [-0.15, -0.1) is 0 Å². The molecule has 192 valence electrons. The van der Waals surface area contributed by atoms with Crippen LogP contribution >= 0.6 is 24.4 Å². The first-order chi connectivity index (χ1) is 16.9. The smallest absolute Gasteiger partial charge is 0.326 e. The number of aliphatic carboxylic acids is 1. The quantitative estimate of drug-likeness (QED) is 0.212. The number of nitrogens with zero attached hydrogens (tertiary/aromatic N) is 1. The Kier molecular flexibility index (Phi) is 12.8. The predicted molar refractivity (Wildman–Crippen MR) is 146 cm³/mol. The standard InChI is InChI=1S/C25H36N4O4S2/c1-3-4-10-22(23(30)28-21(25(31)32)13-14-35-2)33-24-20(27-15-18(26)16-34)12-11-19(29-24)17-8-6-5-7-9-17/h5-9,11-12,18,21-22,27,34H,3-4,10,13-16,26H2,1-2H3,(H,28,30)(H,31,32)/t18?,21-,22-/m0/s1. The van der Waals surface area contributed by atoms with Gasteiger partial charge in [-0.25, -0.2) is 9.78 Å². The number of ether oxygens (including phenoxy) is 1. The zero-order valence-corrected chi connectivity index (χ0v) is 22.0. The second kappa shape index (κ2) is 15.5. The Morgan fingerprint density at radius 1 is 1.20 bits per heavy atom. The molecule has 1 aromatic carbocycles. The van der Waals surface area contributed by atoms with Crippen LogP contribution in [0.25, 0.3) is 11.3 Å². The molecule has 8 nitrogen and oxygen atoms in total. The normalized spacial score (nSPS) is 13.5. The topological polar surface area (TPSA) is 127 Å². The van der Waals surface area contributed by atoms with Crippen molar-refractivity contribution in [2.45, 2.75) is 50.8 Å². The van der Waals surface area contributed by atoms with Crippen molar-refractivity contribution in [2.75, 3.05) is 29.6 Å². The van der Waals surface area contributed by atoms with Crippen molar-refractivity contribution in [2.24, 2.45) is 5.73 Å². The molecule has 0 spiro atoms. The number of carboxylic acids is 1. The lowest BCUT2D eigenvalue weighted by Crippen LogP contribution is -2.47. The summed E-state index contributed by atoms with van der Waals surface area (Å²) in [4.78, 5) is 29.5. The number of thioether (sulfide) groups is 1. The average Bonchev–Trinajstić information content (AvgIpc) is 2.87. The summed E-state index contributed by atoms with van der Waals surface area (Å²) in [5, 5.41) is 15.4. The first-order valence-corrected chi connectivity index (χ1v) is 13.8. The number of hydrogen-bond donors (Lipinski definition) is 5. The molecule has 0 bridgehead atoms. The summed E-state index contributed by atoms with van der Waals surface area (Å²) in [5.74, 6) is -0.124. The lowest BCUT2D eigenvalue weighted by Gasteiger charge is -2.23. The number of carbonyl (C=O) groups excluding carboxylic acids is 1. The number of benzene rings is 1. The summed E-state index contributed by atoms with van der Waals surface area (Å²) in [7, 11) is 0. The molecule has 5 N–H and O–H groups in total. The minimum Gasteiger partial charge on any atom is -0.480 e. The molecule has 35 heavy (non-hydrogen) atoms. The summed E-state index contributed by atoms with van der Waals surface area (Å²) in [6.45, 7) is 2.47. The van der Waals surface area contributed by atoms with Gasteiger partial charge in [0.1, 0.15) is 6.04 Å². The maximum absolute atomic E-state index is 13.1. The van der Waals surface area contributed by atoms with Gasteiger partial charge in [0.25, 0.3) is 5.91 Å². The molecule has 2 aromatic rings. The minimum atomic E-state index is -1.06. The van der Waals surface area contributed by atoms with Gasteiger partial charge in [-0.3, -0.25) is 4.79 Å². The molecule has 1 amide bonds. The van der Waals surface area contributed by atoms with Gasteiger partial charge in [0.2, 0.25) is 5.88 Å². The van der Waals surface area contributed by atoms with Crippen LogP contribution < -0.4 is 21.1 Å². The lowest BCUT2D eigenvalue weighted by atomic mass is 10.1. The molecule has 0 fully saturated rings. The zero-order chi connectivity index (χ0) is 25.6. The Balaban J connectivity index is 2.33. The van der Waals surface area contributed by atoms with Crippen LogP contribution in [-0.4, -0.2) is 64.5 Å². The van der Waals surface area contributed by atoms with Crippen LogP contribution in [0.1, 0.15) is 32.6 Å². The Hall–Kier alpha value is -2.43. The number of unbranched alkanes of at least 4 members (excludes halogenated alkanes) is 1. The molecule has 0 aliphatic carbocycles. The first kappa shape index (κ1) is 28.8. The van der Waals surface area contributed by atoms with Crippen LogP contribution in [-0.2, 0) is 9.59 Å². The Morgan fingerprint density at radius 2 is 1.94 bits per heavy atom. The van der Waals surface area contributed by atoms with E-state index in [1.807, 2.05) is 55.6 Å². The fraction of sp³-hybridized carbons (Fsp3) is 0.480. The van der Waals surface area contributed by atoms with Gasteiger partial charge >= 0.3 is 5.97 Å². The van der Waals surface area contributed by atoms with Crippen molar-refractivity contribution in [3.63, 3.8) is 0 Å². The highest BCUT2D eigenvalue weighted by atomic mass is 32.2. The molecule has 0 aliphatic rings. The highest BCUT2D eigenvalue weighted by Gasteiger charge is 2.27. The van der Waals surface area contributed by atoms with Crippen molar-refractivity contribution in [1.82, 2.24) is 10.3 Å². The highest BCUT2D eigenvalue weighted by molar-refractivity contribution is 7.98. The number of amides is 1.